The summed E-state index contributed by atoms with van der Waals surface area (Å²) in [6, 6.07) is 0. The highest BCUT2D eigenvalue weighted by Crippen LogP contribution is 2.41. The summed E-state index contributed by atoms with van der Waals surface area (Å²) in [5.74, 6) is 4.08. The van der Waals surface area contributed by atoms with E-state index in [9.17, 15) is 5.11 Å². The van der Waals surface area contributed by atoms with Gasteiger partial charge in [-0.3, -0.25) is 0 Å². The molecule has 2 nitrogen and oxygen atoms in total. The Hall–Kier alpha value is -1.18. The minimum absolute atomic E-state index is 0.340. The number of hydrogen-bond donors (Lipinski definition) is 1. The van der Waals surface area contributed by atoms with Gasteiger partial charge in [0.15, 0.2) is 0 Å². The van der Waals surface area contributed by atoms with E-state index in [0.717, 1.165) is 59.5 Å². The lowest BCUT2D eigenvalue weighted by atomic mass is 9.89. The predicted octanol–water partition coefficient (Wildman–Crippen LogP) is 8.45. The first kappa shape index (κ1) is 25.1. The molecule has 0 saturated heterocycles. The van der Waals surface area contributed by atoms with Crippen molar-refractivity contribution in [2.24, 2.45) is 17.8 Å². The monoisotopic (exact) mass is 416 g/mol. The molecule has 1 aromatic carbocycles. The molecule has 1 aliphatic rings. The van der Waals surface area contributed by atoms with Crippen molar-refractivity contribution >= 4 is 0 Å². The van der Waals surface area contributed by atoms with Gasteiger partial charge >= 0.3 is 0 Å². The molecule has 0 saturated carbocycles. The van der Waals surface area contributed by atoms with E-state index in [0.29, 0.717) is 11.9 Å². The molecular weight excluding hydrogens is 368 g/mol. The smallest absolute Gasteiger partial charge is 0.126 e. The van der Waals surface area contributed by atoms with Gasteiger partial charge in [0.1, 0.15) is 11.5 Å². The molecule has 30 heavy (non-hydrogen) atoms. The number of benzene rings is 1. The quantitative estimate of drug-likeness (QED) is 0.370. The first-order valence-electron chi connectivity index (χ1n) is 12.7. The van der Waals surface area contributed by atoms with Crippen LogP contribution in [-0.4, -0.2) is 11.2 Å². The molecule has 3 atom stereocenters. The van der Waals surface area contributed by atoms with Crippen molar-refractivity contribution < 1.29 is 9.84 Å². The van der Waals surface area contributed by atoms with E-state index in [1.54, 1.807) is 0 Å². The van der Waals surface area contributed by atoms with E-state index in [1.807, 2.05) is 13.8 Å². The average Bonchev–Trinajstić information content (AvgIpc) is 2.70. The van der Waals surface area contributed by atoms with Gasteiger partial charge in [-0.05, 0) is 80.9 Å². The average molecular weight is 417 g/mol. The highest BCUT2D eigenvalue weighted by molar-refractivity contribution is 5.58. The van der Waals surface area contributed by atoms with Crippen LogP contribution in [0.5, 0.6) is 11.5 Å². The second kappa shape index (κ2) is 12.0. The number of ether oxygens (including phenoxy) is 1. The maximum atomic E-state index is 10.3. The largest absolute Gasteiger partial charge is 0.507 e. The van der Waals surface area contributed by atoms with Crippen molar-refractivity contribution in [2.45, 2.75) is 125 Å². The van der Waals surface area contributed by atoms with E-state index in [4.69, 9.17) is 4.74 Å². The van der Waals surface area contributed by atoms with Crippen LogP contribution in [0, 0.1) is 38.5 Å². The summed E-state index contributed by atoms with van der Waals surface area (Å²) in [6.45, 7) is 15.6. The highest BCUT2D eigenvalue weighted by atomic mass is 16.5. The second-order valence-electron chi connectivity index (χ2n) is 10.7. The lowest BCUT2D eigenvalue weighted by molar-refractivity contribution is 0.156. The van der Waals surface area contributed by atoms with Gasteiger partial charge in [-0.15, -0.1) is 0 Å². The molecule has 3 unspecified atom stereocenters. The Bertz CT molecular complexity index is 661. The molecule has 0 spiro atoms. The van der Waals surface area contributed by atoms with Crippen LogP contribution in [0.1, 0.15) is 114 Å². The Labute approximate surface area is 186 Å². The molecule has 0 aliphatic carbocycles. The van der Waals surface area contributed by atoms with Crippen LogP contribution in [0.3, 0.4) is 0 Å². The minimum Gasteiger partial charge on any atom is -0.507 e. The normalized spacial score (nSPS) is 18.2. The molecule has 172 valence electrons. The molecule has 1 N–H and O–H groups in total. The number of aromatic hydroxyl groups is 1. The van der Waals surface area contributed by atoms with Crippen molar-refractivity contribution in [3.05, 3.63) is 22.3 Å². The summed E-state index contributed by atoms with van der Waals surface area (Å²) < 4.78 is 6.42. The number of phenols is 1. The molecule has 2 rings (SSSR count). The molecule has 0 bridgehead atoms. The van der Waals surface area contributed by atoms with Crippen LogP contribution >= 0.6 is 0 Å². The summed E-state index contributed by atoms with van der Waals surface area (Å²) in [7, 11) is 0. The molecule has 0 radical (unpaired) electrons. The zero-order valence-corrected chi connectivity index (χ0v) is 20.9. The lowest BCUT2D eigenvalue weighted by Crippen LogP contribution is -2.24. The Morgan fingerprint density at radius 3 is 1.97 bits per heavy atom. The third kappa shape index (κ3) is 7.20. The van der Waals surface area contributed by atoms with Gasteiger partial charge < -0.3 is 9.84 Å². The van der Waals surface area contributed by atoms with Crippen molar-refractivity contribution in [1.29, 1.82) is 0 Å². The second-order valence-corrected chi connectivity index (χ2v) is 10.7. The number of hydrogen-bond acceptors (Lipinski definition) is 2. The van der Waals surface area contributed by atoms with E-state index in [-0.39, 0.29) is 0 Å². The maximum Gasteiger partial charge on any atom is 0.126 e. The number of phenolic OH excluding ortho intramolecular Hbond substituents is 1. The van der Waals surface area contributed by atoms with E-state index in [1.165, 1.54) is 56.9 Å². The third-order valence-electron chi connectivity index (χ3n) is 7.44. The molecule has 0 amide bonds. The van der Waals surface area contributed by atoms with Gasteiger partial charge in [-0.1, -0.05) is 72.6 Å². The summed E-state index contributed by atoms with van der Waals surface area (Å²) in [4.78, 5) is 0. The number of fused-ring (bicyclic) bond motifs is 1. The summed E-state index contributed by atoms with van der Waals surface area (Å²) in [5, 5.41) is 10.3. The standard InChI is InChI=1S/C28H48O2/c1-19(2)11-8-12-20(3)13-9-14-21(4)15-10-16-25-17-18-26-24(7)27(29)22(5)23(6)28(26)30-25/h19-21,25,29H,8-18H2,1-7H3. The molecule has 0 fully saturated rings. The van der Waals surface area contributed by atoms with E-state index in [2.05, 4.69) is 34.6 Å². The maximum absolute atomic E-state index is 10.3. The Balaban J connectivity index is 1.67. The van der Waals surface area contributed by atoms with E-state index < -0.39 is 0 Å². The minimum atomic E-state index is 0.340. The van der Waals surface area contributed by atoms with E-state index >= 15 is 0 Å². The zero-order valence-electron chi connectivity index (χ0n) is 20.9. The van der Waals surface area contributed by atoms with Crippen LogP contribution in [0.15, 0.2) is 0 Å². The van der Waals surface area contributed by atoms with Crippen LogP contribution in [-0.2, 0) is 6.42 Å². The van der Waals surface area contributed by atoms with Gasteiger partial charge in [0.25, 0.3) is 0 Å². The first-order valence-corrected chi connectivity index (χ1v) is 12.7. The lowest BCUT2D eigenvalue weighted by Gasteiger charge is -2.30. The van der Waals surface area contributed by atoms with Gasteiger partial charge in [0.05, 0.1) is 6.10 Å². The number of rotatable bonds is 12. The van der Waals surface area contributed by atoms with Gasteiger partial charge in [0, 0.05) is 5.56 Å². The van der Waals surface area contributed by atoms with Crippen LogP contribution in [0.25, 0.3) is 0 Å². The van der Waals surface area contributed by atoms with Crippen LogP contribution in [0.4, 0.5) is 0 Å². The Kier molecular flexibility index (Phi) is 10.0. The summed E-state index contributed by atoms with van der Waals surface area (Å²) >= 11 is 0. The molecule has 1 aliphatic heterocycles. The first-order chi connectivity index (χ1) is 14.2. The third-order valence-corrected chi connectivity index (χ3v) is 7.44. The fourth-order valence-electron chi connectivity index (χ4n) is 5.04. The van der Waals surface area contributed by atoms with Gasteiger partial charge in [-0.2, -0.15) is 0 Å². The van der Waals surface area contributed by atoms with Crippen LogP contribution in [0.2, 0.25) is 0 Å². The molecule has 1 aromatic rings. The predicted molar refractivity (Wildman–Crippen MR) is 130 cm³/mol. The highest BCUT2D eigenvalue weighted by Gasteiger charge is 2.25. The molecule has 0 aromatic heterocycles. The molecule has 2 heteroatoms. The zero-order chi connectivity index (χ0) is 22.3. The molecular formula is C28H48O2. The molecule has 1 heterocycles. The Morgan fingerprint density at radius 1 is 0.800 bits per heavy atom. The summed E-state index contributed by atoms with van der Waals surface area (Å²) in [5.41, 5.74) is 4.33. The van der Waals surface area contributed by atoms with Gasteiger partial charge in [-0.25, -0.2) is 0 Å². The Morgan fingerprint density at radius 2 is 1.37 bits per heavy atom. The summed E-state index contributed by atoms with van der Waals surface area (Å²) in [6.07, 6.45) is 14.5. The van der Waals surface area contributed by atoms with Crippen molar-refractivity contribution in [1.82, 2.24) is 0 Å². The SMILES string of the molecule is Cc1c(C)c2c(c(C)c1O)CCC(CCCC(C)CCCC(C)CCCC(C)C)O2. The fourth-order valence-corrected chi connectivity index (χ4v) is 5.04. The fraction of sp³-hybridized carbons (Fsp3) is 0.786. The van der Waals surface area contributed by atoms with Crippen molar-refractivity contribution in [3.8, 4) is 11.5 Å². The van der Waals surface area contributed by atoms with Crippen LogP contribution < -0.4 is 4.74 Å². The topological polar surface area (TPSA) is 29.5 Å². The van der Waals surface area contributed by atoms with Crippen molar-refractivity contribution in [3.63, 3.8) is 0 Å². The van der Waals surface area contributed by atoms with Gasteiger partial charge in [0.2, 0.25) is 0 Å². The van der Waals surface area contributed by atoms with Crippen molar-refractivity contribution in [2.75, 3.05) is 0 Å².